The summed E-state index contributed by atoms with van der Waals surface area (Å²) in [6.45, 7) is 3.28. The average Bonchev–Trinajstić information content (AvgIpc) is 3.23. The van der Waals surface area contributed by atoms with Crippen LogP contribution in [0.1, 0.15) is 29.3 Å². The summed E-state index contributed by atoms with van der Waals surface area (Å²) in [5.74, 6) is -0.937. The van der Waals surface area contributed by atoms with Gasteiger partial charge in [-0.05, 0) is 37.1 Å². The van der Waals surface area contributed by atoms with Crippen LogP contribution >= 0.6 is 0 Å². The zero-order chi connectivity index (χ0) is 22.5. The Labute approximate surface area is 187 Å². The number of piperazine rings is 1. The molecule has 1 aromatic heterocycles. The topological polar surface area (TPSA) is 82.7 Å². The number of para-hydroxylation sites is 1. The molecule has 1 fully saturated rings. The van der Waals surface area contributed by atoms with Crippen molar-refractivity contribution in [2.45, 2.75) is 25.8 Å². The smallest absolute Gasteiger partial charge is 0.308 e. The Hall–Kier alpha value is -3.61. The van der Waals surface area contributed by atoms with Crippen molar-refractivity contribution in [1.82, 2.24) is 14.8 Å². The quantitative estimate of drug-likeness (QED) is 0.581. The van der Waals surface area contributed by atoms with Gasteiger partial charge in [-0.25, -0.2) is 0 Å². The van der Waals surface area contributed by atoms with Crippen LogP contribution in [0.15, 0.2) is 60.8 Å². The summed E-state index contributed by atoms with van der Waals surface area (Å²) in [4.78, 5) is 45.2. The summed E-state index contributed by atoms with van der Waals surface area (Å²) < 4.78 is 5.08. The van der Waals surface area contributed by atoms with Gasteiger partial charge in [0.2, 0.25) is 5.91 Å². The Bertz CT molecular complexity index is 1110. The van der Waals surface area contributed by atoms with Crippen LogP contribution in [0.3, 0.4) is 0 Å². The number of benzene rings is 2. The van der Waals surface area contributed by atoms with Crippen molar-refractivity contribution < 1.29 is 19.1 Å². The van der Waals surface area contributed by atoms with Gasteiger partial charge < -0.3 is 19.5 Å². The lowest BCUT2D eigenvalue weighted by molar-refractivity contribution is -0.151. The minimum atomic E-state index is -0.863. The molecule has 7 nitrogen and oxygen atoms in total. The van der Waals surface area contributed by atoms with Gasteiger partial charge in [0.05, 0.1) is 13.0 Å². The number of rotatable bonds is 7. The van der Waals surface area contributed by atoms with Crippen molar-refractivity contribution in [1.29, 1.82) is 0 Å². The second-order valence-electron chi connectivity index (χ2n) is 7.82. The molecule has 2 heterocycles. The van der Waals surface area contributed by atoms with Crippen LogP contribution in [0.4, 0.5) is 0 Å². The highest BCUT2D eigenvalue weighted by Crippen LogP contribution is 2.22. The minimum absolute atomic E-state index is 0.144. The first-order valence-corrected chi connectivity index (χ1v) is 10.9. The largest absolute Gasteiger partial charge is 0.466 e. The molecular formula is C25H27N3O4. The maximum atomic E-state index is 13.4. The molecule has 1 atom stereocenters. The molecule has 0 spiro atoms. The van der Waals surface area contributed by atoms with E-state index >= 15 is 0 Å². The molecule has 1 saturated heterocycles. The number of nitrogens with one attached hydrogen (secondary N) is 1. The lowest BCUT2D eigenvalue weighted by Crippen LogP contribution is -2.59. The Morgan fingerprint density at radius 3 is 2.59 bits per heavy atom. The standard InChI is InChI=1S/C25H27N3O4/c1-2-32-23(29)16-22-25(31)27(13-12-19-17-26-21-11-7-6-10-20(19)21)14-15-28(22)24(30)18-8-4-3-5-9-18/h3-11,17,22,26H,2,12-16H2,1H3. The molecule has 0 saturated carbocycles. The maximum absolute atomic E-state index is 13.4. The van der Waals surface area contributed by atoms with Gasteiger partial charge in [-0.15, -0.1) is 0 Å². The van der Waals surface area contributed by atoms with Crippen LogP contribution in [0.2, 0.25) is 0 Å². The Morgan fingerprint density at radius 2 is 1.81 bits per heavy atom. The van der Waals surface area contributed by atoms with Crippen molar-refractivity contribution in [3.8, 4) is 0 Å². The van der Waals surface area contributed by atoms with E-state index in [4.69, 9.17) is 4.74 Å². The number of amides is 2. The number of aromatic nitrogens is 1. The highest BCUT2D eigenvalue weighted by Gasteiger charge is 2.39. The lowest BCUT2D eigenvalue weighted by Gasteiger charge is -2.40. The van der Waals surface area contributed by atoms with E-state index in [0.717, 1.165) is 16.5 Å². The fraction of sp³-hybridized carbons (Fsp3) is 0.320. The van der Waals surface area contributed by atoms with Crippen molar-refractivity contribution in [2.75, 3.05) is 26.2 Å². The normalized spacial score (nSPS) is 16.4. The number of carbonyl (C=O) groups is 3. The second kappa shape index (κ2) is 9.68. The van der Waals surface area contributed by atoms with Crippen LogP contribution in [-0.2, 0) is 20.7 Å². The van der Waals surface area contributed by atoms with E-state index in [1.54, 1.807) is 36.1 Å². The Kier molecular flexibility index (Phi) is 6.54. The molecule has 4 rings (SSSR count). The van der Waals surface area contributed by atoms with E-state index in [1.807, 2.05) is 30.5 Å². The van der Waals surface area contributed by atoms with Crippen LogP contribution in [0.25, 0.3) is 10.9 Å². The number of carbonyl (C=O) groups excluding carboxylic acids is 3. The third-order valence-corrected chi connectivity index (χ3v) is 5.86. The fourth-order valence-electron chi connectivity index (χ4n) is 4.22. The summed E-state index contributed by atoms with van der Waals surface area (Å²) in [5, 5.41) is 1.14. The summed E-state index contributed by atoms with van der Waals surface area (Å²) in [6.07, 6.45) is 2.52. The van der Waals surface area contributed by atoms with E-state index in [-0.39, 0.29) is 24.8 Å². The first-order chi connectivity index (χ1) is 15.6. The van der Waals surface area contributed by atoms with E-state index in [9.17, 15) is 14.4 Å². The van der Waals surface area contributed by atoms with E-state index in [1.165, 1.54) is 4.90 Å². The highest BCUT2D eigenvalue weighted by atomic mass is 16.5. The number of aromatic amines is 1. The third kappa shape index (κ3) is 4.51. The number of hydrogen-bond acceptors (Lipinski definition) is 4. The van der Waals surface area contributed by atoms with Crippen LogP contribution < -0.4 is 0 Å². The fourth-order valence-corrected chi connectivity index (χ4v) is 4.22. The first-order valence-electron chi connectivity index (χ1n) is 10.9. The molecule has 3 aromatic rings. The zero-order valence-corrected chi connectivity index (χ0v) is 18.1. The van der Waals surface area contributed by atoms with Gasteiger partial charge in [0.15, 0.2) is 0 Å². The van der Waals surface area contributed by atoms with Crippen molar-refractivity contribution >= 4 is 28.7 Å². The minimum Gasteiger partial charge on any atom is -0.466 e. The third-order valence-electron chi connectivity index (χ3n) is 5.86. The van der Waals surface area contributed by atoms with E-state index in [2.05, 4.69) is 11.1 Å². The van der Waals surface area contributed by atoms with Crippen molar-refractivity contribution in [3.05, 3.63) is 71.9 Å². The highest BCUT2D eigenvalue weighted by molar-refractivity contribution is 5.99. The SMILES string of the molecule is CCOC(=O)CC1C(=O)N(CCc2c[nH]c3ccccc23)CCN1C(=O)c1ccccc1. The molecule has 7 heteroatoms. The molecule has 1 unspecified atom stereocenters. The van der Waals surface area contributed by atoms with Gasteiger partial charge in [0.25, 0.3) is 5.91 Å². The molecule has 32 heavy (non-hydrogen) atoms. The number of hydrogen-bond donors (Lipinski definition) is 1. The van der Waals surface area contributed by atoms with Crippen molar-refractivity contribution in [3.63, 3.8) is 0 Å². The van der Waals surface area contributed by atoms with Crippen molar-refractivity contribution in [2.24, 2.45) is 0 Å². The average molecular weight is 434 g/mol. The van der Waals surface area contributed by atoms with E-state index < -0.39 is 12.0 Å². The van der Waals surface area contributed by atoms with Gasteiger partial charge in [0.1, 0.15) is 6.04 Å². The number of fused-ring (bicyclic) bond motifs is 1. The Morgan fingerprint density at radius 1 is 1.06 bits per heavy atom. The summed E-state index contributed by atoms with van der Waals surface area (Å²) in [5.41, 5.74) is 2.70. The van der Waals surface area contributed by atoms with Gasteiger partial charge in [0, 0.05) is 42.3 Å². The molecule has 0 radical (unpaired) electrons. The molecule has 0 aliphatic carbocycles. The summed E-state index contributed by atoms with van der Waals surface area (Å²) in [6, 6.07) is 16.0. The van der Waals surface area contributed by atoms with Crippen LogP contribution in [0, 0.1) is 0 Å². The molecule has 166 valence electrons. The number of H-pyrrole nitrogens is 1. The van der Waals surface area contributed by atoms with Crippen LogP contribution in [-0.4, -0.2) is 64.9 Å². The first kappa shape index (κ1) is 21.6. The van der Waals surface area contributed by atoms with Gasteiger partial charge in [-0.1, -0.05) is 36.4 Å². The second-order valence-corrected chi connectivity index (χ2v) is 7.82. The predicted molar refractivity (Wildman–Crippen MR) is 121 cm³/mol. The monoisotopic (exact) mass is 433 g/mol. The van der Waals surface area contributed by atoms with Crippen LogP contribution in [0.5, 0.6) is 0 Å². The van der Waals surface area contributed by atoms with Gasteiger partial charge in [-0.2, -0.15) is 0 Å². The molecule has 0 bridgehead atoms. The molecule has 2 amide bonds. The molecule has 1 N–H and O–H groups in total. The summed E-state index contributed by atoms with van der Waals surface area (Å²) in [7, 11) is 0. The molecule has 1 aliphatic rings. The summed E-state index contributed by atoms with van der Waals surface area (Å²) >= 11 is 0. The van der Waals surface area contributed by atoms with Gasteiger partial charge in [-0.3, -0.25) is 14.4 Å². The number of ether oxygens (including phenoxy) is 1. The Balaban J connectivity index is 1.50. The van der Waals surface area contributed by atoms with E-state index in [0.29, 0.717) is 31.6 Å². The number of esters is 1. The van der Waals surface area contributed by atoms with Gasteiger partial charge >= 0.3 is 5.97 Å². The number of nitrogens with zero attached hydrogens (tertiary/aromatic N) is 2. The predicted octanol–water partition coefficient (Wildman–Crippen LogP) is 3.02. The molecule has 1 aliphatic heterocycles. The lowest BCUT2D eigenvalue weighted by atomic mass is 10.0. The molecular weight excluding hydrogens is 406 g/mol. The maximum Gasteiger partial charge on any atom is 0.308 e. The zero-order valence-electron chi connectivity index (χ0n) is 18.1. The molecule has 2 aromatic carbocycles.